The number of nitrogens with zero attached hydrogens (tertiary/aromatic N) is 1. The number of likely N-dealkylation sites (N-methyl/N-ethyl adjacent to an activating group) is 1. The van der Waals surface area contributed by atoms with Crippen LogP contribution in [0.3, 0.4) is 0 Å². The normalized spacial score (nSPS) is 10.5. The van der Waals surface area contributed by atoms with Gasteiger partial charge in [-0.05, 0) is 25.2 Å². The lowest BCUT2D eigenvalue weighted by Crippen LogP contribution is -2.22. The Labute approximate surface area is 122 Å². The summed E-state index contributed by atoms with van der Waals surface area (Å²) in [6, 6.07) is 7.69. The predicted octanol–water partition coefficient (Wildman–Crippen LogP) is 3.39. The second kappa shape index (κ2) is 10.7. The number of ether oxygens (including phenoxy) is 2. The molecule has 0 unspecified atom stereocenters. The average Bonchev–Trinajstić information content (AvgIpc) is 2.43. The van der Waals surface area contributed by atoms with Crippen LogP contribution in [0.25, 0.3) is 0 Å². The highest BCUT2D eigenvalue weighted by Gasteiger charge is 2.00. The summed E-state index contributed by atoms with van der Waals surface area (Å²) in [6.07, 6.45) is 4.19. The summed E-state index contributed by atoms with van der Waals surface area (Å²) in [7, 11) is 1.65. The molecule has 4 heteroatoms. The van der Waals surface area contributed by atoms with Crippen LogP contribution in [0.5, 0.6) is 11.5 Å². The smallest absolute Gasteiger partial charge is 0.161 e. The van der Waals surface area contributed by atoms with Crippen LogP contribution in [0, 0.1) is 0 Å². The van der Waals surface area contributed by atoms with Gasteiger partial charge in [0, 0.05) is 6.54 Å². The fourth-order valence-corrected chi connectivity index (χ4v) is 1.65. The topological polar surface area (TPSA) is 21.7 Å². The molecule has 0 atom stereocenters. The van der Waals surface area contributed by atoms with Crippen molar-refractivity contribution in [3.63, 3.8) is 0 Å². The van der Waals surface area contributed by atoms with E-state index in [1.807, 2.05) is 30.3 Å². The van der Waals surface area contributed by atoms with Crippen molar-refractivity contribution in [3.8, 4) is 11.5 Å². The molecule has 0 amide bonds. The van der Waals surface area contributed by atoms with E-state index in [-0.39, 0.29) is 12.4 Å². The molecule has 0 aliphatic heterocycles. The summed E-state index contributed by atoms with van der Waals surface area (Å²) in [4.78, 5) is 2.35. The summed E-state index contributed by atoms with van der Waals surface area (Å²) < 4.78 is 10.9. The van der Waals surface area contributed by atoms with Gasteiger partial charge in [0.15, 0.2) is 11.5 Å². The van der Waals surface area contributed by atoms with E-state index >= 15 is 0 Å². The number of hydrogen-bond donors (Lipinski definition) is 0. The quantitative estimate of drug-likeness (QED) is 0.684. The molecule has 0 aliphatic rings. The molecule has 0 N–H and O–H groups in total. The summed E-state index contributed by atoms with van der Waals surface area (Å²) in [5.74, 6) is 1.56. The van der Waals surface area contributed by atoms with Crippen LogP contribution in [0.2, 0.25) is 0 Å². The second-order valence-corrected chi connectivity index (χ2v) is 3.92. The SMILES string of the molecule is CCN(CC)C/C=C/COc1ccccc1OC.Cl. The van der Waals surface area contributed by atoms with Gasteiger partial charge in [0.25, 0.3) is 0 Å². The third-order valence-electron chi connectivity index (χ3n) is 2.83. The first-order chi connectivity index (χ1) is 8.81. The van der Waals surface area contributed by atoms with Crippen LogP contribution in [-0.2, 0) is 0 Å². The van der Waals surface area contributed by atoms with E-state index in [1.54, 1.807) is 7.11 Å². The Balaban J connectivity index is 0.00000324. The first-order valence-electron chi connectivity index (χ1n) is 6.45. The van der Waals surface area contributed by atoms with Gasteiger partial charge >= 0.3 is 0 Å². The molecule has 3 nitrogen and oxygen atoms in total. The van der Waals surface area contributed by atoms with Gasteiger partial charge in [0.05, 0.1) is 7.11 Å². The predicted molar refractivity (Wildman–Crippen MR) is 82.7 cm³/mol. The molecule has 0 radical (unpaired) electrons. The van der Waals surface area contributed by atoms with Gasteiger partial charge in [-0.1, -0.05) is 38.1 Å². The van der Waals surface area contributed by atoms with Crippen molar-refractivity contribution in [2.24, 2.45) is 0 Å². The number of benzene rings is 1. The first kappa shape index (κ1) is 17.8. The van der Waals surface area contributed by atoms with Crippen LogP contribution in [-0.4, -0.2) is 38.3 Å². The Morgan fingerprint density at radius 1 is 1.05 bits per heavy atom. The zero-order chi connectivity index (χ0) is 13.2. The molecule has 0 bridgehead atoms. The highest BCUT2D eigenvalue weighted by atomic mass is 35.5. The van der Waals surface area contributed by atoms with Crippen molar-refractivity contribution in [3.05, 3.63) is 36.4 Å². The fourth-order valence-electron chi connectivity index (χ4n) is 1.65. The Bertz CT molecular complexity index is 365. The molecule has 1 aromatic rings. The third-order valence-corrected chi connectivity index (χ3v) is 2.83. The standard InChI is InChI=1S/C15H23NO2.ClH/c1-4-16(5-2)12-8-9-13-18-15-11-7-6-10-14(15)17-3;/h6-11H,4-5,12-13H2,1-3H3;1H/b9-8+;. The van der Waals surface area contributed by atoms with Crippen molar-refractivity contribution >= 4 is 12.4 Å². The molecular weight excluding hydrogens is 262 g/mol. The molecule has 0 fully saturated rings. The summed E-state index contributed by atoms with van der Waals surface area (Å²) in [6.45, 7) is 8.04. The molecule has 19 heavy (non-hydrogen) atoms. The Kier molecular flexibility index (Phi) is 10.0. The van der Waals surface area contributed by atoms with E-state index in [1.165, 1.54) is 0 Å². The summed E-state index contributed by atoms with van der Waals surface area (Å²) >= 11 is 0. The Hall–Kier alpha value is -1.19. The number of rotatable bonds is 8. The van der Waals surface area contributed by atoms with E-state index in [9.17, 15) is 0 Å². The van der Waals surface area contributed by atoms with E-state index in [4.69, 9.17) is 9.47 Å². The maximum atomic E-state index is 5.65. The molecule has 0 saturated carbocycles. The zero-order valence-electron chi connectivity index (χ0n) is 12.0. The van der Waals surface area contributed by atoms with Crippen molar-refractivity contribution in [1.82, 2.24) is 4.90 Å². The third kappa shape index (κ3) is 6.50. The van der Waals surface area contributed by atoms with Crippen LogP contribution in [0.15, 0.2) is 36.4 Å². The lowest BCUT2D eigenvalue weighted by molar-refractivity contribution is 0.321. The largest absolute Gasteiger partial charge is 0.493 e. The number of para-hydroxylation sites is 2. The van der Waals surface area contributed by atoms with E-state index in [0.29, 0.717) is 6.61 Å². The van der Waals surface area contributed by atoms with Crippen molar-refractivity contribution in [1.29, 1.82) is 0 Å². The Morgan fingerprint density at radius 2 is 1.68 bits per heavy atom. The highest BCUT2D eigenvalue weighted by molar-refractivity contribution is 5.85. The zero-order valence-corrected chi connectivity index (χ0v) is 12.8. The first-order valence-corrected chi connectivity index (χ1v) is 6.45. The van der Waals surface area contributed by atoms with Crippen molar-refractivity contribution in [2.75, 3.05) is 33.4 Å². The van der Waals surface area contributed by atoms with Gasteiger partial charge < -0.3 is 14.4 Å². The van der Waals surface area contributed by atoms with Gasteiger partial charge in [-0.15, -0.1) is 12.4 Å². The second-order valence-electron chi connectivity index (χ2n) is 3.92. The highest BCUT2D eigenvalue weighted by Crippen LogP contribution is 2.25. The molecule has 0 spiro atoms. The maximum absolute atomic E-state index is 5.65. The van der Waals surface area contributed by atoms with Crippen LogP contribution < -0.4 is 9.47 Å². The molecule has 0 aliphatic carbocycles. The Morgan fingerprint density at radius 3 is 2.26 bits per heavy atom. The average molecular weight is 286 g/mol. The van der Waals surface area contributed by atoms with E-state index in [0.717, 1.165) is 31.1 Å². The van der Waals surface area contributed by atoms with E-state index in [2.05, 4.69) is 24.8 Å². The fraction of sp³-hybridized carbons (Fsp3) is 0.467. The van der Waals surface area contributed by atoms with Gasteiger partial charge in [0.1, 0.15) is 6.61 Å². The molecule has 0 heterocycles. The van der Waals surface area contributed by atoms with Gasteiger partial charge in [-0.3, -0.25) is 0 Å². The van der Waals surface area contributed by atoms with Gasteiger partial charge in [0.2, 0.25) is 0 Å². The minimum absolute atomic E-state index is 0. The minimum atomic E-state index is 0. The van der Waals surface area contributed by atoms with Crippen LogP contribution in [0.4, 0.5) is 0 Å². The summed E-state index contributed by atoms with van der Waals surface area (Å²) in [5.41, 5.74) is 0. The van der Waals surface area contributed by atoms with Crippen LogP contribution in [0.1, 0.15) is 13.8 Å². The molecule has 1 aromatic carbocycles. The molecular formula is C15H24ClNO2. The van der Waals surface area contributed by atoms with Crippen molar-refractivity contribution < 1.29 is 9.47 Å². The number of hydrogen-bond acceptors (Lipinski definition) is 3. The van der Waals surface area contributed by atoms with Gasteiger partial charge in [-0.25, -0.2) is 0 Å². The van der Waals surface area contributed by atoms with E-state index < -0.39 is 0 Å². The number of halogens is 1. The number of methoxy groups -OCH3 is 1. The summed E-state index contributed by atoms with van der Waals surface area (Å²) in [5, 5.41) is 0. The molecule has 1 rings (SSSR count). The lowest BCUT2D eigenvalue weighted by Gasteiger charge is -2.14. The lowest BCUT2D eigenvalue weighted by atomic mass is 10.3. The van der Waals surface area contributed by atoms with Crippen LogP contribution >= 0.6 is 12.4 Å². The van der Waals surface area contributed by atoms with Gasteiger partial charge in [-0.2, -0.15) is 0 Å². The monoisotopic (exact) mass is 285 g/mol. The minimum Gasteiger partial charge on any atom is -0.493 e. The molecule has 0 saturated heterocycles. The molecule has 108 valence electrons. The molecule has 0 aromatic heterocycles. The maximum Gasteiger partial charge on any atom is 0.161 e. The van der Waals surface area contributed by atoms with Crippen molar-refractivity contribution in [2.45, 2.75) is 13.8 Å².